The first kappa shape index (κ1) is 21.0. The van der Waals surface area contributed by atoms with E-state index in [9.17, 15) is 4.79 Å². The summed E-state index contributed by atoms with van der Waals surface area (Å²) < 4.78 is 12.7. The lowest BCUT2D eigenvalue weighted by Gasteiger charge is -2.14. The first-order valence-electron chi connectivity index (χ1n) is 9.58. The number of fused-ring (bicyclic) bond motifs is 1. The van der Waals surface area contributed by atoms with E-state index in [1.165, 1.54) is 4.40 Å². The molecule has 0 radical (unpaired) electrons. The number of methoxy groups -OCH3 is 1. The van der Waals surface area contributed by atoms with Gasteiger partial charge in [-0.3, -0.25) is 9.20 Å². The molecule has 0 aliphatic heterocycles. The highest BCUT2D eigenvalue weighted by atomic mass is 35.5. The second-order valence-electron chi connectivity index (χ2n) is 6.69. The van der Waals surface area contributed by atoms with Gasteiger partial charge in [-0.2, -0.15) is 0 Å². The van der Waals surface area contributed by atoms with Gasteiger partial charge in [0.25, 0.3) is 5.56 Å². The Kier molecular flexibility index (Phi) is 6.02. The molecule has 0 aliphatic carbocycles. The molecule has 2 aromatic carbocycles. The molecule has 0 bridgehead atoms. The second kappa shape index (κ2) is 8.88. The fourth-order valence-corrected chi connectivity index (χ4v) is 3.53. The second-order valence-corrected chi connectivity index (χ2v) is 7.54. The van der Waals surface area contributed by atoms with Crippen LogP contribution in [0, 0.1) is 0 Å². The van der Waals surface area contributed by atoms with Crippen molar-refractivity contribution in [1.82, 2.24) is 9.38 Å². The van der Waals surface area contributed by atoms with Gasteiger partial charge >= 0.3 is 0 Å². The fourth-order valence-electron chi connectivity index (χ4n) is 3.18. The first-order chi connectivity index (χ1) is 15.0. The molecule has 0 saturated carbocycles. The van der Waals surface area contributed by atoms with Gasteiger partial charge in [0, 0.05) is 16.9 Å². The molecule has 0 fully saturated rings. The Morgan fingerprint density at radius 2 is 1.84 bits per heavy atom. The van der Waals surface area contributed by atoms with Crippen LogP contribution in [0.15, 0.2) is 65.6 Å². The summed E-state index contributed by atoms with van der Waals surface area (Å²) in [6.07, 6.45) is 2.19. The Bertz CT molecular complexity index is 1300. The molecule has 2 heterocycles. The highest BCUT2D eigenvalue weighted by molar-refractivity contribution is 6.32. The molecule has 158 valence electrons. The van der Waals surface area contributed by atoms with Crippen LogP contribution in [0.3, 0.4) is 0 Å². The number of hydrogen-bond donors (Lipinski definition) is 1. The third-order valence-electron chi connectivity index (χ3n) is 4.72. The van der Waals surface area contributed by atoms with Gasteiger partial charge in [0.1, 0.15) is 17.3 Å². The van der Waals surface area contributed by atoms with Gasteiger partial charge in [-0.15, -0.1) is 0 Å². The lowest BCUT2D eigenvalue weighted by atomic mass is 10.2. The SMILES string of the molecule is CCc1c(Nc2ccc(Oc3ccc(Cl)cc3)c(Cl)c2)nc2c(OC)cccn2c1=O. The van der Waals surface area contributed by atoms with Gasteiger partial charge in [0.2, 0.25) is 0 Å². The Morgan fingerprint density at radius 3 is 2.52 bits per heavy atom. The summed E-state index contributed by atoms with van der Waals surface area (Å²) in [6.45, 7) is 1.91. The number of halogens is 2. The number of nitrogens with one attached hydrogen (secondary N) is 1. The summed E-state index contributed by atoms with van der Waals surface area (Å²) >= 11 is 12.3. The Labute approximate surface area is 189 Å². The number of hydrogen-bond acceptors (Lipinski definition) is 5. The molecule has 0 saturated heterocycles. The molecule has 0 aliphatic rings. The van der Waals surface area contributed by atoms with Crippen LogP contribution in [0.25, 0.3) is 5.65 Å². The van der Waals surface area contributed by atoms with Crippen molar-refractivity contribution < 1.29 is 9.47 Å². The van der Waals surface area contributed by atoms with Crippen LogP contribution in [-0.2, 0) is 6.42 Å². The number of anilines is 2. The van der Waals surface area contributed by atoms with Crippen LogP contribution in [0.2, 0.25) is 10.0 Å². The molecule has 31 heavy (non-hydrogen) atoms. The molecule has 8 heteroatoms. The van der Waals surface area contributed by atoms with Gasteiger partial charge < -0.3 is 14.8 Å². The minimum atomic E-state index is -0.150. The van der Waals surface area contributed by atoms with Gasteiger partial charge in [0.15, 0.2) is 11.4 Å². The fraction of sp³-hybridized carbons (Fsp3) is 0.130. The molecule has 1 N–H and O–H groups in total. The minimum absolute atomic E-state index is 0.150. The smallest absolute Gasteiger partial charge is 0.263 e. The van der Waals surface area contributed by atoms with Crippen LogP contribution in [-0.4, -0.2) is 16.5 Å². The number of nitrogens with zero attached hydrogens (tertiary/aromatic N) is 2. The summed E-state index contributed by atoms with van der Waals surface area (Å²) in [5, 5.41) is 4.25. The summed E-state index contributed by atoms with van der Waals surface area (Å²) in [7, 11) is 1.54. The van der Waals surface area contributed by atoms with Crippen molar-refractivity contribution in [3.05, 3.63) is 86.8 Å². The van der Waals surface area contributed by atoms with E-state index in [2.05, 4.69) is 10.3 Å². The van der Waals surface area contributed by atoms with Crippen molar-refractivity contribution in [2.75, 3.05) is 12.4 Å². The average Bonchev–Trinajstić information content (AvgIpc) is 2.77. The maximum Gasteiger partial charge on any atom is 0.263 e. The number of ether oxygens (including phenoxy) is 2. The molecule has 4 aromatic rings. The highest BCUT2D eigenvalue weighted by Gasteiger charge is 2.15. The number of rotatable bonds is 6. The zero-order valence-corrected chi connectivity index (χ0v) is 18.4. The van der Waals surface area contributed by atoms with Crippen LogP contribution in [0.5, 0.6) is 17.2 Å². The lowest BCUT2D eigenvalue weighted by molar-refractivity contribution is 0.416. The molecule has 6 nitrogen and oxygen atoms in total. The number of aromatic nitrogens is 2. The normalized spacial score (nSPS) is 10.8. The van der Waals surface area contributed by atoms with Crippen molar-refractivity contribution >= 4 is 40.4 Å². The molecule has 0 unspecified atom stereocenters. The lowest BCUT2D eigenvalue weighted by Crippen LogP contribution is -2.21. The highest BCUT2D eigenvalue weighted by Crippen LogP contribution is 2.33. The third kappa shape index (κ3) is 4.31. The number of benzene rings is 2. The summed E-state index contributed by atoms with van der Waals surface area (Å²) in [5.41, 5.74) is 1.52. The van der Waals surface area contributed by atoms with Crippen molar-refractivity contribution in [2.24, 2.45) is 0 Å². The van der Waals surface area contributed by atoms with E-state index in [0.29, 0.717) is 56.4 Å². The maximum absolute atomic E-state index is 13.0. The quantitative estimate of drug-likeness (QED) is 0.379. The molecular formula is C23H19Cl2N3O3. The predicted molar refractivity (Wildman–Crippen MR) is 124 cm³/mol. The van der Waals surface area contributed by atoms with Crippen molar-refractivity contribution in [1.29, 1.82) is 0 Å². The monoisotopic (exact) mass is 455 g/mol. The molecule has 2 aromatic heterocycles. The molecular weight excluding hydrogens is 437 g/mol. The molecule has 0 atom stereocenters. The van der Waals surface area contributed by atoms with Crippen LogP contribution < -0.4 is 20.3 Å². The van der Waals surface area contributed by atoms with Crippen LogP contribution in [0.4, 0.5) is 11.5 Å². The van der Waals surface area contributed by atoms with E-state index in [0.717, 1.165) is 0 Å². The summed E-state index contributed by atoms with van der Waals surface area (Å²) in [4.78, 5) is 17.6. The average molecular weight is 456 g/mol. The number of pyridine rings is 1. The van der Waals surface area contributed by atoms with E-state index in [1.807, 2.05) is 13.0 Å². The predicted octanol–water partition coefficient (Wildman–Crippen LogP) is 6.11. The maximum atomic E-state index is 13.0. The zero-order valence-electron chi connectivity index (χ0n) is 16.9. The van der Waals surface area contributed by atoms with E-state index in [-0.39, 0.29) is 5.56 Å². The van der Waals surface area contributed by atoms with Crippen molar-refractivity contribution in [3.8, 4) is 17.2 Å². The van der Waals surface area contributed by atoms with Gasteiger partial charge in [-0.1, -0.05) is 30.1 Å². The Balaban J connectivity index is 1.68. The molecule has 4 rings (SSSR count). The van der Waals surface area contributed by atoms with Crippen LogP contribution >= 0.6 is 23.2 Å². The van der Waals surface area contributed by atoms with E-state index >= 15 is 0 Å². The van der Waals surface area contributed by atoms with Gasteiger partial charge in [-0.25, -0.2) is 4.98 Å². The zero-order chi connectivity index (χ0) is 22.0. The van der Waals surface area contributed by atoms with Crippen LogP contribution in [0.1, 0.15) is 12.5 Å². The van der Waals surface area contributed by atoms with Crippen molar-refractivity contribution in [2.45, 2.75) is 13.3 Å². The van der Waals surface area contributed by atoms with E-state index in [1.54, 1.807) is 61.8 Å². The largest absolute Gasteiger partial charge is 0.493 e. The van der Waals surface area contributed by atoms with Crippen molar-refractivity contribution in [3.63, 3.8) is 0 Å². The van der Waals surface area contributed by atoms with E-state index < -0.39 is 0 Å². The van der Waals surface area contributed by atoms with Gasteiger partial charge in [0.05, 0.1) is 17.7 Å². The molecule has 0 amide bonds. The standard InChI is InChI=1S/C23H19Cl2N3O3/c1-3-17-21(27-22-20(30-2)5-4-12-28(22)23(17)29)26-15-8-11-19(18(25)13-15)31-16-9-6-14(24)7-10-16/h4-13,26H,3H2,1-2H3. The molecule has 0 spiro atoms. The topological polar surface area (TPSA) is 64.9 Å². The Hall–Kier alpha value is -3.22. The summed E-state index contributed by atoms with van der Waals surface area (Å²) in [5.74, 6) is 2.09. The first-order valence-corrected chi connectivity index (χ1v) is 10.3. The third-order valence-corrected chi connectivity index (χ3v) is 5.27. The minimum Gasteiger partial charge on any atom is -0.493 e. The van der Waals surface area contributed by atoms with E-state index in [4.69, 9.17) is 32.7 Å². The Morgan fingerprint density at radius 1 is 1.06 bits per heavy atom. The summed E-state index contributed by atoms with van der Waals surface area (Å²) in [6, 6.07) is 15.8. The van der Waals surface area contributed by atoms with Gasteiger partial charge in [-0.05, 0) is 61.0 Å².